The molecule has 208 valence electrons. The molecule has 2 N–H and O–H groups in total. The maximum atomic E-state index is 13.1. The Balaban J connectivity index is 0.00000533. The fourth-order valence-electron chi connectivity index (χ4n) is 3.41. The van der Waals surface area contributed by atoms with Crippen LogP contribution in [0.4, 0.5) is 11.5 Å². The number of carbonyl (C=O) groups excluding carboxylic acids is 3. The van der Waals surface area contributed by atoms with Gasteiger partial charge < -0.3 is 10.6 Å². The Labute approximate surface area is 243 Å². The van der Waals surface area contributed by atoms with Crippen LogP contribution in [0, 0.1) is 0 Å². The van der Waals surface area contributed by atoms with Crippen LogP contribution in [0.3, 0.4) is 0 Å². The van der Waals surface area contributed by atoms with Gasteiger partial charge in [0.15, 0.2) is 0 Å². The minimum atomic E-state index is -2.99. The minimum Gasteiger partial charge on any atom is -0.321 e. The quantitative estimate of drug-likeness (QED) is 0.323. The average Bonchev–Trinajstić information content (AvgIpc) is 2.89. The Morgan fingerprint density at radius 2 is 1.56 bits per heavy atom. The van der Waals surface area contributed by atoms with Gasteiger partial charge in [0.25, 0.3) is 17.7 Å². The number of amides is 3. The zero-order chi connectivity index (χ0) is 27.9. The zero-order valence-corrected chi connectivity index (χ0v) is 24.6. The largest absolute Gasteiger partial charge is 0.321 e. The van der Waals surface area contributed by atoms with Crippen molar-refractivity contribution in [3.63, 3.8) is 0 Å². The topological polar surface area (TPSA) is 121 Å². The summed E-state index contributed by atoms with van der Waals surface area (Å²) in [7, 11) is -2.99. The highest BCUT2D eigenvalue weighted by molar-refractivity contribution is 7.93. The number of halogens is 3. The predicted molar refractivity (Wildman–Crippen MR) is 158 cm³/mol. The molecular formula is C26H28Cl3N5O4S. The minimum absolute atomic E-state index is 0. The van der Waals surface area contributed by atoms with Crippen molar-refractivity contribution in [2.45, 2.75) is 18.7 Å². The van der Waals surface area contributed by atoms with Gasteiger partial charge in [0.2, 0.25) is 0 Å². The van der Waals surface area contributed by atoms with Crippen molar-refractivity contribution in [2.75, 3.05) is 36.5 Å². The second-order valence-corrected chi connectivity index (χ2v) is 11.4. The van der Waals surface area contributed by atoms with E-state index in [4.69, 9.17) is 23.2 Å². The van der Waals surface area contributed by atoms with Crippen LogP contribution in [0.5, 0.6) is 0 Å². The summed E-state index contributed by atoms with van der Waals surface area (Å²) in [5.41, 5.74) is 0.603. The molecule has 1 heterocycles. The molecule has 1 atom stereocenters. The van der Waals surface area contributed by atoms with E-state index in [1.54, 1.807) is 18.2 Å². The summed E-state index contributed by atoms with van der Waals surface area (Å²) in [6.07, 6.45) is 2.78. The third-order valence-electron chi connectivity index (χ3n) is 5.53. The molecule has 3 rings (SSSR count). The zero-order valence-electron chi connectivity index (χ0n) is 21.4. The lowest BCUT2D eigenvalue weighted by molar-refractivity contribution is -0.118. The summed E-state index contributed by atoms with van der Waals surface area (Å²) in [6.45, 7) is 5.31. The van der Waals surface area contributed by atoms with Gasteiger partial charge >= 0.3 is 0 Å². The number of nitrogens with zero attached hydrogens (tertiary/aromatic N) is 3. The number of benzene rings is 2. The SMILES string of the molecule is CCN(CC)CC(=O)N=S(C)(=O)c1ccc(C(=O)Nc2ccc(Cl)cc2C(=O)Nc2ccc(Cl)cn2)cc1.Cl. The van der Waals surface area contributed by atoms with Gasteiger partial charge in [-0.1, -0.05) is 37.0 Å². The van der Waals surface area contributed by atoms with Crippen LogP contribution in [-0.2, 0) is 14.5 Å². The standard InChI is InChI=1S/C26H27Cl2N5O4S.ClH/c1-4-33(5-2)16-24(34)32-38(3,37)20-10-6-17(7-11-20)25(35)30-22-12-8-18(27)14-21(22)26(36)31-23-13-9-19(28)15-29-23;/h6-15H,4-5,16H2,1-3H3,(H,30,35)(H,29,31,36);1H. The third-order valence-corrected chi connectivity index (χ3v) is 7.68. The molecule has 0 aliphatic heterocycles. The highest BCUT2D eigenvalue weighted by Gasteiger charge is 2.17. The summed E-state index contributed by atoms with van der Waals surface area (Å²) in [5, 5.41) is 6.06. The first kappa shape index (κ1) is 32.2. The molecule has 9 nitrogen and oxygen atoms in total. The summed E-state index contributed by atoms with van der Waals surface area (Å²) >= 11 is 11.9. The van der Waals surface area contributed by atoms with Crippen molar-refractivity contribution in [3.05, 3.63) is 82.0 Å². The molecule has 0 bridgehead atoms. The van der Waals surface area contributed by atoms with Crippen molar-refractivity contribution in [2.24, 2.45) is 4.36 Å². The number of carbonyl (C=O) groups is 3. The number of pyridine rings is 1. The van der Waals surface area contributed by atoms with Gasteiger partial charge in [0, 0.05) is 27.9 Å². The van der Waals surface area contributed by atoms with Crippen LogP contribution in [-0.4, -0.2) is 57.7 Å². The Morgan fingerprint density at radius 3 is 2.15 bits per heavy atom. The lowest BCUT2D eigenvalue weighted by Gasteiger charge is -2.15. The maximum Gasteiger partial charge on any atom is 0.268 e. The van der Waals surface area contributed by atoms with E-state index >= 15 is 0 Å². The Kier molecular flexibility index (Phi) is 11.9. The van der Waals surface area contributed by atoms with E-state index in [2.05, 4.69) is 20.0 Å². The monoisotopic (exact) mass is 611 g/mol. The first-order valence-electron chi connectivity index (χ1n) is 11.6. The third kappa shape index (κ3) is 9.01. The lowest BCUT2D eigenvalue weighted by atomic mass is 10.1. The van der Waals surface area contributed by atoms with Gasteiger partial charge in [0.1, 0.15) is 5.82 Å². The predicted octanol–water partition coefficient (Wildman–Crippen LogP) is 5.64. The van der Waals surface area contributed by atoms with Crippen molar-refractivity contribution >= 4 is 74.6 Å². The smallest absolute Gasteiger partial charge is 0.268 e. The molecule has 0 saturated heterocycles. The highest BCUT2D eigenvalue weighted by atomic mass is 35.5. The van der Waals surface area contributed by atoms with E-state index in [-0.39, 0.29) is 41.6 Å². The molecule has 1 unspecified atom stereocenters. The number of aromatic nitrogens is 1. The van der Waals surface area contributed by atoms with Crippen LogP contribution in [0.1, 0.15) is 34.6 Å². The fraction of sp³-hybridized carbons (Fsp3) is 0.231. The van der Waals surface area contributed by atoms with Gasteiger partial charge in [0.05, 0.1) is 32.5 Å². The molecule has 3 aromatic rings. The Bertz CT molecular complexity index is 1450. The summed E-state index contributed by atoms with van der Waals surface area (Å²) < 4.78 is 17.0. The summed E-state index contributed by atoms with van der Waals surface area (Å²) in [4.78, 5) is 44.3. The summed E-state index contributed by atoms with van der Waals surface area (Å²) in [5.74, 6) is -1.23. The number of hydrogen-bond donors (Lipinski definition) is 2. The van der Waals surface area contributed by atoms with Crippen molar-refractivity contribution in [1.29, 1.82) is 0 Å². The summed E-state index contributed by atoms with van der Waals surface area (Å²) in [6, 6.07) is 13.5. The van der Waals surface area contributed by atoms with Crippen molar-refractivity contribution in [1.82, 2.24) is 9.88 Å². The van der Waals surface area contributed by atoms with E-state index in [0.29, 0.717) is 28.0 Å². The molecule has 0 radical (unpaired) electrons. The molecule has 13 heteroatoms. The van der Waals surface area contributed by atoms with Gasteiger partial charge in [-0.05, 0) is 67.7 Å². The van der Waals surface area contributed by atoms with Crippen LogP contribution in [0.15, 0.2) is 70.1 Å². The van der Waals surface area contributed by atoms with Crippen molar-refractivity contribution in [3.8, 4) is 0 Å². The molecule has 0 aliphatic rings. The van der Waals surface area contributed by atoms with Crippen molar-refractivity contribution < 1.29 is 18.6 Å². The van der Waals surface area contributed by atoms with E-state index in [0.717, 1.165) is 0 Å². The first-order chi connectivity index (χ1) is 18.0. The van der Waals surface area contributed by atoms with E-state index in [1.807, 2.05) is 18.7 Å². The second kappa shape index (κ2) is 14.4. The highest BCUT2D eigenvalue weighted by Crippen LogP contribution is 2.23. The second-order valence-electron chi connectivity index (χ2n) is 8.23. The molecule has 39 heavy (non-hydrogen) atoms. The number of likely N-dealkylation sites (N-methyl/N-ethyl adjacent to an activating group) is 1. The molecule has 2 aromatic carbocycles. The van der Waals surface area contributed by atoms with Crippen LogP contribution < -0.4 is 10.6 Å². The Morgan fingerprint density at radius 1 is 0.923 bits per heavy atom. The van der Waals surface area contributed by atoms with E-state index in [9.17, 15) is 18.6 Å². The normalized spacial score (nSPS) is 12.2. The van der Waals surface area contributed by atoms with Gasteiger partial charge in [-0.2, -0.15) is 4.36 Å². The number of rotatable bonds is 9. The maximum absolute atomic E-state index is 13.1. The van der Waals surface area contributed by atoms with E-state index in [1.165, 1.54) is 48.9 Å². The number of anilines is 2. The van der Waals surface area contributed by atoms with Crippen LogP contribution in [0.25, 0.3) is 0 Å². The lowest BCUT2D eigenvalue weighted by Crippen LogP contribution is -2.29. The number of nitrogens with one attached hydrogen (secondary N) is 2. The van der Waals surface area contributed by atoms with E-state index < -0.39 is 27.5 Å². The van der Waals surface area contributed by atoms with Gasteiger partial charge in [-0.3, -0.25) is 19.3 Å². The van der Waals surface area contributed by atoms with Gasteiger partial charge in [-0.25, -0.2) is 9.19 Å². The average molecular weight is 613 g/mol. The molecule has 3 amide bonds. The van der Waals surface area contributed by atoms with Crippen LogP contribution in [0.2, 0.25) is 10.0 Å². The molecule has 0 saturated carbocycles. The van der Waals surface area contributed by atoms with Gasteiger partial charge in [-0.15, -0.1) is 12.4 Å². The number of hydrogen-bond acceptors (Lipinski definition) is 6. The fourth-order valence-corrected chi connectivity index (χ4v) is 4.89. The molecule has 0 aliphatic carbocycles. The first-order valence-corrected chi connectivity index (χ1v) is 14.3. The molecule has 1 aromatic heterocycles. The van der Waals surface area contributed by atoms with Crippen LogP contribution >= 0.6 is 35.6 Å². The Hall–Kier alpha value is -3.02. The molecule has 0 fully saturated rings. The molecular weight excluding hydrogens is 585 g/mol. The molecule has 0 spiro atoms.